The van der Waals surface area contributed by atoms with Crippen molar-refractivity contribution in [2.45, 2.75) is 0 Å². The average Bonchev–Trinajstić information content (AvgIpc) is 3.04. The van der Waals surface area contributed by atoms with E-state index in [9.17, 15) is 9.59 Å². The van der Waals surface area contributed by atoms with E-state index in [0.29, 0.717) is 88.3 Å². The number of piperazine rings is 1. The molecule has 0 spiro atoms. The minimum atomic E-state index is -0.564. The number of aromatic nitrogens is 1. The van der Waals surface area contributed by atoms with Gasteiger partial charge in [-0.2, -0.15) is 0 Å². The molecule has 0 radical (unpaired) electrons. The zero-order chi connectivity index (χ0) is 29.5. The highest BCUT2D eigenvalue weighted by molar-refractivity contribution is 6.04. The summed E-state index contributed by atoms with van der Waals surface area (Å²) in [5.74, 6) is -0.157. The second-order valence-corrected chi connectivity index (χ2v) is 11.0. The molecule has 4 heterocycles. The molecule has 10 nitrogen and oxygen atoms in total. The van der Waals surface area contributed by atoms with Gasteiger partial charge >= 0.3 is 0 Å². The highest BCUT2D eigenvalue weighted by Crippen LogP contribution is 2.48. The van der Waals surface area contributed by atoms with Gasteiger partial charge in [0.2, 0.25) is 5.43 Å². The van der Waals surface area contributed by atoms with Crippen molar-refractivity contribution in [2.24, 2.45) is 0 Å². The van der Waals surface area contributed by atoms with Gasteiger partial charge in [-0.05, 0) is 17.5 Å². The molecule has 3 aromatic carbocycles. The van der Waals surface area contributed by atoms with Crippen LogP contribution in [0, 0.1) is 5.82 Å². The number of aliphatic hydroxyl groups excluding tert-OH is 1. The Labute approximate surface area is 247 Å². The number of rotatable bonds is 7. The fourth-order valence-electron chi connectivity index (χ4n) is 6.30. The van der Waals surface area contributed by atoms with E-state index in [-0.39, 0.29) is 23.3 Å². The second-order valence-electron chi connectivity index (χ2n) is 11.0. The van der Waals surface area contributed by atoms with Crippen molar-refractivity contribution in [3.63, 3.8) is 0 Å². The molecule has 1 amide bonds. The molecule has 0 bridgehead atoms. The van der Waals surface area contributed by atoms with Crippen LogP contribution in [0.2, 0.25) is 0 Å². The summed E-state index contributed by atoms with van der Waals surface area (Å²) in [6.45, 7) is 5.61. The van der Waals surface area contributed by atoms with Gasteiger partial charge < -0.3 is 33.7 Å². The number of amides is 1. The third-order valence-electron chi connectivity index (χ3n) is 8.49. The van der Waals surface area contributed by atoms with Gasteiger partial charge in [-0.3, -0.25) is 14.5 Å². The van der Waals surface area contributed by atoms with E-state index < -0.39 is 17.2 Å². The highest BCUT2D eigenvalue weighted by atomic mass is 19.1. The lowest BCUT2D eigenvalue weighted by molar-refractivity contribution is 0.0301. The van der Waals surface area contributed by atoms with Crippen LogP contribution in [0.25, 0.3) is 27.4 Å². The Hall–Kier alpha value is -4.03. The average molecular weight is 589 g/mol. The zero-order valence-electron chi connectivity index (χ0n) is 23.8. The number of halogens is 1. The Kier molecular flexibility index (Phi) is 7.48. The third-order valence-corrected chi connectivity index (χ3v) is 8.49. The third kappa shape index (κ3) is 4.92. The number of nitrogens with zero attached hydrogens (tertiary/aromatic N) is 4. The van der Waals surface area contributed by atoms with Crippen molar-refractivity contribution >= 4 is 33.3 Å². The Bertz CT molecular complexity index is 1760. The first kappa shape index (κ1) is 27.8. The first-order valence-corrected chi connectivity index (χ1v) is 14.7. The summed E-state index contributed by atoms with van der Waals surface area (Å²) < 4.78 is 35.3. The van der Waals surface area contributed by atoms with Gasteiger partial charge in [-0.1, -0.05) is 30.3 Å². The van der Waals surface area contributed by atoms with Crippen molar-refractivity contribution < 1.29 is 28.5 Å². The highest BCUT2D eigenvalue weighted by Gasteiger charge is 2.33. The molecule has 0 unspecified atom stereocenters. The van der Waals surface area contributed by atoms with E-state index in [4.69, 9.17) is 19.3 Å². The molecule has 43 heavy (non-hydrogen) atoms. The van der Waals surface area contributed by atoms with Crippen LogP contribution in [0.3, 0.4) is 0 Å². The van der Waals surface area contributed by atoms with Crippen LogP contribution in [0.15, 0.2) is 53.5 Å². The van der Waals surface area contributed by atoms with Crippen LogP contribution in [0.4, 0.5) is 10.1 Å². The number of carbonyl (C=O) groups excluding carboxylic acids is 1. The number of hydrogen-bond donors (Lipinski definition) is 1. The summed E-state index contributed by atoms with van der Waals surface area (Å²) in [5.41, 5.74) is 0.933. The Balaban J connectivity index is 1.36. The van der Waals surface area contributed by atoms with Crippen LogP contribution >= 0.6 is 0 Å². The SMILES string of the molecule is O=C(c1cn2c3c(c(N4CCN(CCOCCO)CC4)c(F)cc3c1=O)Oc1ccc3ccccc3c1-2)N1CCOCC1. The Morgan fingerprint density at radius 3 is 2.53 bits per heavy atom. The lowest BCUT2D eigenvalue weighted by Gasteiger charge is -2.38. The summed E-state index contributed by atoms with van der Waals surface area (Å²) in [5, 5.41) is 10.9. The topological polar surface area (TPSA) is 96.7 Å². The van der Waals surface area contributed by atoms with E-state index in [1.165, 1.54) is 6.07 Å². The quantitative estimate of drug-likeness (QED) is 0.290. The van der Waals surface area contributed by atoms with E-state index in [1.807, 2.05) is 45.9 Å². The molecular formula is C32H33FN4O6. The number of anilines is 1. The van der Waals surface area contributed by atoms with Gasteiger partial charge in [0.15, 0.2) is 17.3 Å². The maximum absolute atomic E-state index is 16.1. The molecule has 0 aliphatic carbocycles. The maximum atomic E-state index is 16.1. The van der Waals surface area contributed by atoms with Crippen LogP contribution in [0.1, 0.15) is 10.4 Å². The summed E-state index contributed by atoms with van der Waals surface area (Å²) in [6.07, 6.45) is 1.60. The number of pyridine rings is 1. The number of fused-ring (bicyclic) bond motifs is 4. The second kappa shape index (κ2) is 11.6. The molecule has 4 aromatic rings. The van der Waals surface area contributed by atoms with Crippen molar-refractivity contribution in [3.05, 3.63) is 70.3 Å². The molecule has 224 valence electrons. The van der Waals surface area contributed by atoms with Gasteiger partial charge in [0.1, 0.15) is 16.8 Å². The molecule has 3 aliphatic heterocycles. The molecule has 3 aliphatic rings. The van der Waals surface area contributed by atoms with Gasteiger partial charge in [-0.25, -0.2) is 4.39 Å². The van der Waals surface area contributed by atoms with Crippen molar-refractivity contribution in [1.29, 1.82) is 0 Å². The number of aliphatic hydroxyl groups is 1. The number of carbonyl (C=O) groups is 1. The van der Waals surface area contributed by atoms with Gasteiger partial charge in [0.05, 0.1) is 44.1 Å². The Morgan fingerprint density at radius 1 is 0.953 bits per heavy atom. The fraction of sp³-hybridized carbons (Fsp3) is 0.375. The summed E-state index contributed by atoms with van der Waals surface area (Å²) in [6, 6.07) is 12.9. The molecule has 2 fully saturated rings. The summed E-state index contributed by atoms with van der Waals surface area (Å²) in [7, 11) is 0. The Morgan fingerprint density at radius 2 is 1.74 bits per heavy atom. The summed E-state index contributed by atoms with van der Waals surface area (Å²) in [4.78, 5) is 33.4. The fourth-order valence-corrected chi connectivity index (χ4v) is 6.30. The monoisotopic (exact) mass is 588 g/mol. The van der Waals surface area contributed by atoms with Gasteiger partial charge in [0.25, 0.3) is 5.91 Å². The molecule has 0 saturated carbocycles. The van der Waals surface area contributed by atoms with E-state index >= 15 is 4.39 Å². The predicted octanol–water partition coefficient (Wildman–Crippen LogP) is 2.99. The van der Waals surface area contributed by atoms with E-state index in [0.717, 1.165) is 17.3 Å². The number of hydrogen-bond acceptors (Lipinski definition) is 8. The molecular weight excluding hydrogens is 555 g/mol. The normalized spacial score (nSPS) is 16.9. The predicted molar refractivity (Wildman–Crippen MR) is 160 cm³/mol. The molecule has 7 rings (SSSR count). The van der Waals surface area contributed by atoms with E-state index in [1.54, 1.807) is 11.1 Å². The minimum absolute atomic E-state index is 0.00897. The lowest BCUT2D eigenvalue weighted by Crippen LogP contribution is -2.47. The molecule has 0 atom stereocenters. The van der Waals surface area contributed by atoms with E-state index in [2.05, 4.69) is 4.90 Å². The van der Waals surface area contributed by atoms with Crippen LogP contribution < -0.4 is 15.1 Å². The summed E-state index contributed by atoms with van der Waals surface area (Å²) >= 11 is 0. The molecule has 1 aromatic heterocycles. The number of benzene rings is 3. The van der Waals surface area contributed by atoms with Crippen molar-refractivity contribution in [2.75, 3.05) is 83.7 Å². The lowest BCUT2D eigenvalue weighted by atomic mass is 10.0. The maximum Gasteiger partial charge on any atom is 0.259 e. The smallest absolute Gasteiger partial charge is 0.259 e. The zero-order valence-corrected chi connectivity index (χ0v) is 23.8. The minimum Gasteiger partial charge on any atom is -0.451 e. The van der Waals surface area contributed by atoms with Crippen molar-refractivity contribution in [1.82, 2.24) is 14.4 Å². The van der Waals surface area contributed by atoms with Crippen LogP contribution in [-0.4, -0.2) is 104 Å². The largest absolute Gasteiger partial charge is 0.451 e. The van der Waals surface area contributed by atoms with Crippen LogP contribution in [0.5, 0.6) is 11.5 Å². The van der Waals surface area contributed by atoms with Gasteiger partial charge in [0, 0.05) is 57.4 Å². The first-order valence-electron chi connectivity index (χ1n) is 14.7. The molecule has 2 saturated heterocycles. The van der Waals surface area contributed by atoms with Gasteiger partial charge in [-0.15, -0.1) is 0 Å². The van der Waals surface area contributed by atoms with Crippen LogP contribution in [-0.2, 0) is 9.47 Å². The van der Waals surface area contributed by atoms with Crippen molar-refractivity contribution in [3.8, 4) is 17.2 Å². The molecule has 11 heteroatoms. The number of ether oxygens (including phenoxy) is 3. The number of morpholine rings is 1. The standard InChI is InChI=1S/C32H33FN4O6/c33-25-19-23-28-31(29(25)35-9-7-34(8-10-35)11-15-42-18-14-38)43-26-6-5-21-3-1-2-4-22(21)27(26)37(28)20-24(30(23)39)32(40)36-12-16-41-17-13-36/h1-6,19-20,38H,7-18H2. The molecule has 1 N–H and O–H groups in total. The first-order chi connectivity index (χ1) is 21.0.